The van der Waals surface area contributed by atoms with Crippen molar-refractivity contribution in [2.75, 3.05) is 0 Å². The number of aliphatic hydroxyl groups excluding tert-OH is 1. The van der Waals surface area contributed by atoms with E-state index in [1.807, 2.05) is 19.1 Å². The highest BCUT2D eigenvalue weighted by Crippen LogP contribution is 2.17. The van der Waals surface area contributed by atoms with Gasteiger partial charge in [-0.2, -0.15) is 5.10 Å². The Bertz CT molecular complexity index is 889. The molecule has 0 aliphatic rings. The first-order valence-electron chi connectivity index (χ1n) is 6.96. The molecule has 5 heteroatoms. The highest BCUT2D eigenvalue weighted by molar-refractivity contribution is 5.83. The zero-order valence-electron chi connectivity index (χ0n) is 12.0. The average Bonchev–Trinajstić information content (AvgIpc) is 2.52. The molecule has 4 nitrogen and oxygen atoms in total. The third-order valence-electron chi connectivity index (χ3n) is 3.63. The predicted molar refractivity (Wildman–Crippen MR) is 82.1 cm³/mol. The van der Waals surface area contributed by atoms with E-state index in [0.717, 1.165) is 5.39 Å². The highest BCUT2D eigenvalue weighted by atomic mass is 19.1. The van der Waals surface area contributed by atoms with Crippen LogP contribution in [0.1, 0.15) is 17.4 Å². The Balaban J connectivity index is 2.01. The van der Waals surface area contributed by atoms with E-state index >= 15 is 0 Å². The lowest BCUT2D eigenvalue weighted by atomic mass is 10.1. The molecule has 0 aliphatic heterocycles. The summed E-state index contributed by atoms with van der Waals surface area (Å²) in [6, 6.07) is 12.9. The minimum Gasteiger partial charge on any atom is -0.386 e. The largest absolute Gasteiger partial charge is 0.386 e. The number of hydrogen-bond acceptors (Lipinski definition) is 3. The number of halogens is 1. The van der Waals surface area contributed by atoms with Gasteiger partial charge in [0.1, 0.15) is 5.82 Å². The molecule has 22 heavy (non-hydrogen) atoms. The van der Waals surface area contributed by atoms with Crippen LogP contribution in [0, 0.1) is 12.7 Å². The van der Waals surface area contributed by atoms with Crippen LogP contribution in [-0.2, 0) is 6.54 Å². The first-order valence-corrected chi connectivity index (χ1v) is 6.96. The molecule has 0 radical (unpaired) electrons. The lowest BCUT2D eigenvalue weighted by molar-refractivity contribution is 0.149. The number of aromatic nitrogens is 2. The molecule has 1 aromatic heterocycles. The molecule has 0 fully saturated rings. The van der Waals surface area contributed by atoms with Crippen LogP contribution in [0.4, 0.5) is 4.39 Å². The van der Waals surface area contributed by atoms with E-state index in [0.29, 0.717) is 16.6 Å². The van der Waals surface area contributed by atoms with E-state index < -0.39 is 11.9 Å². The highest BCUT2D eigenvalue weighted by Gasteiger charge is 2.13. The molecule has 0 aliphatic carbocycles. The third kappa shape index (κ3) is 2.63. The molecule has 0 saturated heterocycles. The van der Waals surface area contributed by atoms with Gasteiger partial charge in [0.2, 0.25) is 0 Å². The summed E-state index contributed by atoms with van der Waals surface area (Å²) < 4.78 is 14.5. The van der Waals surface area contributed by atoms with Crippen LogP contribution in [0.25, 0.3) is 10.8 Å². The normalized spacial score (nSPS) is 12.5. The van der Waals surface area contributed by atoms with Crippen LogP contribution in [0.2, 0.25) is 0 Å². The molecule has 0 saturated carbocycles. The summed E-state index contributed by atoms with van der Waals surface area (Å²) in [6.07, 6.45) is -0.999. The smallest absolute Gasteiger partial charge is 0.274 e. The molecule has 1 N–H and O–H groups in total. The van der Waals surface area contributed by atoms with Gasteiger partial charge in [0, 0.05) is 5.39 Å². The number of aliphatic hydroxyl groups is 1. The van der Waals surface area contributed by atoms with Crippen molar-refractivity contribution >= 4 is 10.8 Å². The molecular weight excluding hydrogens is 283 g/mol. The van der Waals surface area contributed by atoms with Gasteiger partial charge in [0.05, 0.1) is 23.7 Å². The summed E-state index contributed by atoms with van der Waals surface area (Å²) in [4.78, 5) is 12.4. The Kier molecular flexibility index (Phi) is 3.73. The zero-order valence-corrected chi connectivity index (χ0v) is 12.0. The minimum absolute atomic E-state index is 0.0199. The van der Waals surface area contributed by atoms with Crippen molar-refractivity contribution in [3.05, 3.63) is 76.0 Å². The summed E-state index contributed by atoms with van der Waals surface area (Å²) in [7, 11) is 0. The van der Waals surface area contributed by atoms with Crippen LogP contribution >= 0.6 is 0 Å². The van der Waals surface area contributed by atoms with Gasteiger partial charge in [-0.15, -0.1) is 0 Å². The number of hydrogen-bond donors (Lipinski definition) is 1. The topological polar surface area (TPSA) is 55.1 Å². The first kappa shape index (κ1) is 14.4. The second-order valence-electron chi connectivity index (χ2n) is 5.19. The fourth-order valence-electron chi connectivity index (χ4n) is 2.51. The fraction of sp³-hybridized carbons (Fsp3) is 0.176. The van der Waals surface area contributed by atoms with Crippen LogP contribution in [-0.4, -0.2) is 14.9 Å². The van der Waals surface area contributed by atoms with Gasteiger partial charge in [-0.1, -0.05) is 30.3 Å². The van der Waals surface area contributed by atoms with E-state index in [1.165, 1.54) is 22.9 Å². The van der Waals surface area contributed by atoms with Crippen LogP contribution in [0.5, 0.6) is 0 Å². The van der Waals surface area contributed by atoms with Crippen molar-refractivity contribution < 1.29 is 9.50 Å². The van der Waals surface area contributed by atoms with Crippen molar-refractivity contribution in [1.82, 2.24) is 9.78 Å². The molecule has 3 rings (SSSR count). The maximum Gasteiger partial charge on any atom is 0.274 e. The molecule has 2 aromatic carbocycles. The van der Waals surface area contributed by atoms with Crippen LogP contribution < -0.4 is 5.56 Å². The maximum atomic E-state index is 13.2. The van der Waals surface area contributed by atoms with E-state index in [9.17, 15) is 14.3 Å². The molecule has 1 unspecified atom stereocenters. The third-order valence-corrected chi connectivity index (χ3v) is 3.63. The summed E-state index contributed by atoms with van der Waals surface area (Å²) in [5.74, 6) is -0.424. The Hall–Kier alpha value is -2.53. The summed E-state index contributed by atoms with van der Waals surface area (Å²) in [6.45, 7) is 1.79. The van der Waals surface area contributed by atoms with Crippen molar-refractivity contribution in [2.24, 2.45) is 0 Å². The Morgan fingerprint density at radius 3 is 2.64 bits per heavy atom. The predicted octanol–water partition coefficient (Wildman–Crippen LogP) is 2.58. The maximum absolute atomic E-state index is 13.2. The molecule has 1 atom stereocenters. The standard InChI is InChI=1S/C17H15FN2O2/c1-11-14-7-2-3-8-15(14)17(22)20(19-11)10-16(21)12-5-4-6-13(18)9-12/h2-9,16,21H,10H2,1H3. The number of aryl methyl sites for hydroxylation is 1. The van der Waals surface area contributed by atoms with E-state index in [4.69, 9.17) is 0 Å². The van der Waals surface area contributed by atoms with Crippen molar-refractivity contribution in [3.8, 4) is 0 Å². The average molecular weight is 298 g/mol. The number of benzene rings is 2. The monoisotopic (exact) mass is 298 g/mol. The quantitative estimate of drug-likeness (QED) is 0.808. The molecule has 0 spiro atoms. The lowest BCUT2D eigenvalue weighted by Crippen LogP contribution is -2.26. The van der Waals surface area contributed by atoms with Gasteiger partial charge in [-0.3, -0.25) is 4.79 Å². The number of nitrogens with zero attached hydrogens (tertiary/aromatic N) is 2. The minimum atomic E-state index is -0.999. The second-order valence-corrected chi connectivity index (χ2v) is 5.19. The SMILES string of the molecule is Cc1nn(CC(O)c2cccc(F)c2)c(=O)c2ccccc12. The molecule has 112 valence electrons. The van der Waals surface area contributed by atoms with Crippen LogP contribution in [0.3, 0.4) is 0 Å². The van der Waals surface area contributed by atoms with Gasteiger partial charge in [-0.25, -0.2) is 9.07 Å². The van der Waals surface area contributed by atoms with E-state index in [-0.39, 0.29) is 12.1 Å². The number of rotatable bonds is 3. The summed E-state index contributed by atoms with van der Waals surface area (Å²) in [5, 5.41) is 15.8. The lowest BCUT2D eigenvalue weighted by Gasteiger charge is -2.14. The van der Waals surface area contributed by atoms with Gasteiger partial charge in [-0.05, 0) is 30.7 Å². The summed E-state index contributed by atoms with van der Waals surface area (Å²) >= 11 is 0. The molecule has 0 bridgehead atoms. The van der Waals surface area contributed by atoms with Crippen molar-refractivity contribution in [2.45, 2.75) is 19.6 Å². The molecule has 1 heterocycles. The van der Waals surface area contributed by atoms with E-state index in [1.54, 1.807) is 18.2 Å². The Morgan fingerprint density at radius 1 is 1.18 bits per heavy atom. The summed E-state index contributed by atoms with van der Waals surface area (Å²) in [5.41, 5.74) is 0.859. The van der Waals surface area contributed by atoms with Crippen molar-refractivity contribution in [3.63, 3.8) is 0 Å². The Labute approximate surface area is 126 Å². The second kappa shape index (κ2) is 5.69. The van der Waals surface area contributed by atoms with Gasteiger partial charge in [0.15, 0.2) is 0 Å². The first-order chi connectivity index (χ1) is 10.6. The fourth-order valence-corrected chi connectivity index (χ4v) is 2.51. The molecular formula is C17H15FN2O2. The van der Waals surface area contributed by atoms with E-state index in [2.05, 4.69) is 5.10 Å². The number of fused-ring (bicyclic) bond motifs is 1. The van der Waals surface area contributed by atoms with Gasteiger partial charge >= 0.3 is 0 Å². The van der Waals surface area contributed by atoms with Crippen molar-refractivity contribution in [1.29, 1.82) is 0 Å². The van der Waals surface area contributed by atoms with Crippen LogP contribution in [0.15, 0.2) is 53.3 Å². The molecule has 0 amide bonds. The Morgan fingerprint density at radius 2 is 1.91 bits per heavy atom. The van der Waals surface area contributed by atoms with Gasteiger partial charge in [0.25, 0.3) is 5.56 Å². The zero-order chi connectivity index (χ0) is 15.7. The molecule has 3 aromatic rings. The van der Waals surface area contributed by atoms with Gasteiger partial charge < -0.3 is 5.11 Å².